The van der Waals surface area contributed by atoms with Gasteiger partial charge in [0.25, 0.3) is 0 Å². The molecule has 0 rings (SSSR count). The summed E-state index contributed by atoms with van der Waals surface area (Å²) in [4.78, 5) is 13.8. The van der Waals surface area contributed by atoms with Crippen LogP contribution in [0.1, 0.15) is 53.4 Å². The first-order valence-corrected chi connectivity index (χ1v) is 7.18. The Bertz CT molecular complexity index is 335. The molecule has 0 aromatic carbocycles. The smallest absolute Gasteiger partial charge is 0.223 e. The van der Waals surface area contributed by atoms with Crippen LogP contribution in [0.5, 0.6) is 0 Å². The average Bonchev–Trinajstić information content (AvgIpc) is 2.34. The molecule has 0 aliphatic heterocycles. The van der Waals surface area contributed by atoms with Crippen LogP contribution in [0.4, 0.5) is 0 Å². The van der Waals surface area contributed by atoms with Gasteiger partial charge < -0.3 is 4.90 Å². The molecule has 0 aromatic rings. The van der Waals surface area contributed by atoms with Crippen molar-refractivity contribution in [2.75, 3.05) is 13.1 Å². The van der Waals surface area contributed by atoms with E-state index in [-0.39, 0.29) is 5.91 Å². The molecule has 0 aromatic heterocycles. The molecule has 2 nitrogen and oxygen atoms in total. The highest BCUT2D eigenvalue weighted by Crippen LogP contribution is 2.07. The zero-order chi connectivity index (χ0) is 14.7. The van der Waals surface area contributed by atoms with Crippen LogP contribution in [-0.2, 0) is 4.79 Å². The third-order valence-corrected chi connectivity index (χ3v) is 2.92. The zero-order valence-electron chi connectivity index (χ0n) is 13.0. The van der Waals surface area contributed by atoms with E-state index in [0.29, 0.717) is 19.5 Å². The van der Waals surface area contributed by atoms with Gasteiger partial charge in [-0.2, -0.15) is 0 Å². The van der Waals surface area contributed by atoms with Gasteiger partial charge in [-0.05, 0) is 40.0 Å². The molecule has 0 saturated carbocycles. The van der Waals surface area contributed by atoms with Gasteiger partial charge >= 0.3 is 0 Å². The SMILES string of the molecule is C=CCN(CC=C(C)CCC=C(C)C)C(=O)CCC. The summed E-state index contributed by atoms with van der Waals surface area (Å²) in [6.45, 7) is 13.5. The minimum Gasteiger partial charge on any atom is -0.335 e. The van der Waals surface area contributed by atoms with E-state index in [1.165, 1.54) is 11.1 Å². The van der Waals surface area contributed by atoms with Crippen LogP contribution in [0.3, 0.4) is 0 Å². The summed E-state index contributed by atoms with van der Waals surface area (Å²) in [5.74, 6) is 0.218. The lowest BCUT2D eigenvalue weighted by atomic mass is 10.1. The lowest BCUT2D eigenvalue weighted by Crippen LogP contribution is -2.31. The summed E-state index contributed by atoms with van der Waals surface area (Å²) >= 11 is 0. The Hall–Kier alpha value is -1.31. The van der Waals surface area contributed by atoms with E-state index < -0.39 is 0 Å². The van der Waals surface area contributed by atoms with Crippen LogP contribution in [0.15, 0.2) is 36.0 Å². The molecular weight excluding hydrogens is 234 g/mol. The second-order valence-electron chi connectivity index (χ2n) is 5.21. The standard InChI is InChI=1S/C17H29NO/c1-6-9-17(19)18(13-7-2)14-12-16(5)11-8-10-15(3)4/h7,10,12H,2,6,8-9,11,13-14H2,1,3-5H3. The molecule has 0 aliphatic carbocycles. The molecule has 0 bridgehead atoms. The van der Waals surface area contributed by atoms with Gasteiger partial charge in [-0.15, -0.1) is 6.58 Å². The molecule has 0 heterocycles. The molecule has 108 valence electrons. The molecule has 0 radical (unpaired) electrons. The molecular formula is C17H29NO. The highest BCUT2D eigenvalue weighted by Gasteiger charge is 2.08. The Kier molecular flexibility index (Phi) is 9.87. The predicted octanol–water partition coefficient (Wildman–Crippen LogP) is 4.49. The average molecular weight is 263 g/mol. The largest absolute Gasteiger partial charge is 0.335 e. The monoisotopic (exact) mass is 263 g/mol. The Morgan fingerprint density at radius 2 is 1.79 bits per heavy atom. The fraction of sp³-hybridized carbons (Fsp3) is 0.588. The summed E-state index contributed by atoms with van der Waals surface area (Å²) in [6.07, 6.45) is 9.87. The first-order valence-electron chi connectivity index (χ1n) is 7.18. The second kappa shape index (κ2) is 10.6. The Morgan fingerprint density at radius 1 is 1.11 bits per heavy atom. The van der Waals surface area contributed by atoms with Crippen molar-refractivity contribution in [1.29, 1.82) is 0 Å². The molecule has 0 saturated heterocycles. The van der Waals surface area contributed by atoms with Gasteiger partial charge in [-0.25, -0.2) is 0 Å². The van der Waals surface area contributed by atoms with Crippen LogP contribution in [0.25, 0.3) is 0 Å². The number of carbonyl (C=O) groups excluding carboxylic acids is 1. The third kappa shape index (κ3) is 9.29. The maximum Gasteiger partial charge on any atom is 0.223 e. The minimum absolute atomic E-state index is 0.218. The molecule has 19 heavy (non-hydrogen) atoms. The fourth-order valence-corrected chi connectivity index (χ4v) is 1.76. The summed E-state index contributed by atoms with van der Waals surface area (Å²) < 4.78 is 0. The Morgan fingerprint density at radius 3 is 2.32 bits per heavy atom. The van der Waals surface area contributed by atoms with Crippen molar-refractivity contribution in [3.8, 4) is 0 Å². The van der Waals surface area contributed by atoms with E-state index in [2.05, 4.69) is 39.5 Å². The van der Waals surface area contributed by atoms with E-state index in [1.807, 2.05) is 11.8 Å². The summed E-state index contributed by atoms with van der Waals surface area (Å²) in [5.41, 5.74) is 2.70. The zero-order valence-corrected chi connectivity index (χ0v) is 13.0. The number of nitrogens with zero attached hydrogens (tertiary/aromatic N) is 1. The second-order valence-corrected chi connectivity index (χ2v) is 5.21. The lowest BCUT2D eigenvalue weighted by molar-refractivity contribution is -0.130. The van der Waals surface area contributed by atoms with E-state index in [9.17, 15) is 4.79 Å². The number of amides is 1. The van der Waals surface area contributed by atoms with Crippen LogP contribution >= 0.6 is 0 Å². The van der Waals surface area contributed by atoms with Gasteiger partial charge in [0, 0.05) is 19.5 Å². The number of hydrogen-bond donors (Lipinski definition) is 0. The third-order valence-electron chi connectivity index (χ3n) is 2.92. The molecule has 0 fully saturated rings. The van der Waals surface area contributed by atoms with Gasteiger partial charge in [0.2, 0.25) is 5.91 Å². The summed E-state index contributed by atoms with van der Waals surface area (Å²) in [6, 6.07) is 0. The van der Waals surface area contributed by atoms with Crippen molar-refractivity contribution in [2.45, 2.75) is 53.4 Å². The Labute approximate surface area is 118 Å². The fourth-order valence-electron chi connectivity index (χ4n) is 1.76. The maximum atomic E-state index is 11.9. The van der Waals surface area contributed by atoms with Crippen molar-refractivity contribution >= 4 is 5.91 Å². The summed E-state index contributed by atoms with van der Waals surface area (Å²) in [5, 5.41) is 0. The van der Waals surface area contributed by atoms with Crippen molar-refractivity contribution < 1.29 is 4.79 Å². The molecule has 0 aliphatic rings. The van der Waals surface area contributed by atoms with Crippen molar-refractivity contribution in [1.82, 2.24) is 4.90 Å². The van der Waals surface area contributed by atoms with Crippen molar-refractivity contribution in [3.05, 3.63) is 36.0 Å². The molecule has 0 atom stereocenters. The van der Waals surface area contributed by atoms with Crippen LogP contribution in [0.2, 0.25) is 0 Å². The highest BCUT2D eigenvalue weighted by molar-refractivity contribution is 5.76. The van der Waals surface area contributed by atoms with Crippen LogP contribution < -0.4 is 0 Å². The van der Waals surface area contributed by atoms with Gasteiger partial charge in [0.05, 0.1) is 0 Å². The summed E-state index contributed by atoms with van der Waals surface area (Å²) in [7, 11) is 0. The number of hydrogen-bond acceptors (Lipinski definition) is 1. The molecule has 0 unspecified atom stereocenters. The van der Waals surface area contributed by atoms with Crippen LogP contribution in [-0.4, -0.2) is 23.9 Å². The number of rotatable bonds is 9. The van der Waals surface area contributed by atoms with E-state index >= 15 is 0 Å². The van der Waals surface area contributed by atoms with Gasteiger partial charge in [0.15, 0.2) is 0 Å². The molecule has 2 heteroatoms. The normalized spacial score (nSPS) is 11.1. The van der Waals surface area contributed by atoms with E-state index in [1.54, 1.807) is 6.08 Å². The van der Waals surface area contributed by atoms with Gasteiger partial charge in [0.1, 0.15) is 0 Å². The highest BCUT2D eigenvalue weighted by atomic mass is 16.2. The molecule has 1 amide bonds. The Balaban J connectivity index is 4.31. The van der Waals surface area contributed by atoms with Crippen LogP contribution in [0, 0.1) is 0 Å². The predicted molar refractivity (Wildman–Crippen MR) is 84.1 cm³/mol. The van der Waals surface area contributed by atoms with E-state index in [0.717, 1.165) is 19.3 Å². The van der Waals surface area contributed by atoms with Gasteiger partial charge in [-0.1, -0.05) is 36.3 Å². The topological polar surface area (TPSA) is 20.3 Å². The molecule has 0 spiro atoms. The maximum absolute atomic E-state index is 11.9. The first-order chi connectivity index (χ1) is 9.01. The quantitative estimate of drug-likeness (QED) is 0.561. The number of carbonyl (C=O) groups is 1. The van der Waals surface area contributed by atoms with Crippen molar-refractivity contribution in [2.24, 2.45) is 0 Å². The lowest BCUT2D eigenvalue weighted by Gasteiger charge is -2.19. The van der Waals surface area contributed by atoms with Gasteiger partial charge in [-0.3, -0.25) is 4.79 Å². The van der Waals surface area contributed by atoms with E-state index in [4.69, 9.17) is 0 Å². The molecule has 0 N–H and O–H groups in total. The first kappa shape index (κ1) is 17.7. The number of allylic oxidation sites excluding steroid dienone is 3. The van der Waals surface area contributed by atoms with Crippen molar-refractivity contribution in [3.63, 3.8) is 0 Å². The minimum atomic E-state index is 0.218.